The van der Waals surface area contributed by atoms with Crippen LogP contribution in [-0.4, -0.2) is 28.1 Å². The molecule has 0 aliphatic heterocycles. The van der Waals surface area contributed by atoms with E-state index in [9.17, 15) is 5.11 Å². The van der Waals surface area contributed by atoms with Crippen LogP contribution >= 0.6 is 0 Å². The van der Waals surface area contributed by atoms with Gasteiger partial charge in [-0.25, -0.2) is 0 Å². The number of benzene rings is 1. The Balaban J connectivity index is 2.02. The second-order valence-corrected chi connectivity index (χ2v) is 5.84. The molecular formula is C18H24N2O. The van der Waals surface area contributed by atoms with Crippen LogP contribution in [0.2, 0.25) is 0 Å². The molecule has 0 saturated carbocycles. The Morgan fingerprint density at radius 3 is 2.33 bits per heavy atom. The van der Waals surface area contributed by atoms with E-state index in [1.165, 1.54) is 0 Å². The normalized spacial score (nSPS) is 12.8. The van der Waals surface area contributed by atoms with Crippen LogP contribution in [0.25, 0.3) is 0 Å². The Morgan fingerprint density at radius 1 is 1.00 bits per heavy atom. The second kappa shape index (κ2) is 7.91. The molecule has 0 bridgehead atoms. The zero-order valence-electron chi connectivity index (χ0n) is 12.8. The standard InChI is InChI=1S/C18H24N2O/c1-15(2)12-20(13-17-10-6-7-11-19-17)14-18(21)16-8-4-3-5-9-16/h3-11,15,18,21H,12-14H2,1-2H3/t18-/m1/s1. The Kier molecular flexibility index (Phi) is 5.90. The molecule has 0 amide bonds. The number of aliphatic hydroxyl groups excluding tert-OH is 1. The largest absolute Gasteiger partial charge is 0.387 e. The third kappa shape index (κ3) is 5.29. The Bertz CT molecular complexity index is 513. The highest BCUT2D eigenvalue weighted by atomic mass is 16.3. The van der Waals surface area contributed by atoms with E-state index < -0.39 is 6.10 Å². The molecule has 3 heteroatoms. The summed E-state index contributed by atoms with van der Waals surface area (Å²) in [4.78, 5) is 6.65. The van der Waals surface area contributed by atoms with E-state index in [1.54, 1.807) is 0 Å². The van der Waals surface area contributed by atoms with Gasteiger partial charge in [-0.05, 0) is 23.6 Å². The van der Waals surface area contributed by atoms with Crippen molar-refractivity contribution in [2.45, 2.75) is 26.5 Å². The fourth-order valence-corrected chi connectivity index (χ4v) is 2.47. The van der Waals surface area contributed by atoms with E-state index >= 15 is 0 Å². The summed E-state index contributed by atoms with van der Waals surface area (Å²) in [6.45, 7) is 6.72. The highest BCUT2D eigenvalue weighted by Crippen LogP contribution is 2.16. The van der Waals surface area contributed by atoms with Crippen molar-refractivity contribution in [1.29, 1.82) is 0 Å². The summed E-state index contributed by atoms with van der Waals surface area (Å²) in [6, 6.07) is 15.8. The minimum atomic E-state index is -0.464. The molecule has 2 aromatic rings. The first-order valence-corrected chi connectivity index (χ1v) is 7.50. The van der Waals surface area contributed by atoms with E-state index in [2.05, 4.69) is 23.7 Å². The molecule has 3 nitrogen and oxygen atoms in total. The molecule has 0 spiro atoms. The molecule has 0 aliphatic carbocycles. The zero-order valence-corrected chi connectivity index (χ0v) is 12.8. The summed E-state index contributed by atoms with van der Waals surface area (Å²) in [7, 11) is 0. The van der Waals surface area contributed by atoms with Crippen molar-refractivity contribution in [3.63, 3.8) is 0 Å². The van der Waals surface area contributed by atoms with Crippen LogP contribution in [0.3, 0.4) is 0 Å². The number of aliphatic hydroxyl groups is 1. The van der Waals surface area contributed by atoms with Crippen LogP contribution in [0, 0.1) is 5.92 Å². The monoisotopic (exact) mass is 284 g/mol. The quantitative estimate of drug-likeness (QED) is 0.847. The zero-order chi connectivity index (χ0) is 15.1. The maximum atomic E-state index is 10.4. The molecule has 112 valence electrons. The lowest BCUT2D eigenvalue weighted by atomic mass is 10.1. The van der Waals surface area contributed by atoms with Crippen molar-refractivity contribution >= 4 is 0 Å². The van der Waals surface area contributed by atoms with Crippen molar-refractivity contribution in [2.75, 3.05) is 13.1 Å². The minimum absolute atomic E-state index is 0.464. The van der Waals surface area contributed by atoms with Gasteiger partial charge in [-0.15, -0.1) is 0 Å². The van der Waals surface area contributed by atoms with Crippen molar-refractivity contribution in [3.05, 3.63) is 66.0 Å². The maximum Gasteiger partial charge on any atom is 0.0917 e. The summed E-state index contributed by atoms with van der Waals surface area (Å²) in [5.74, 6) is 0.552. The summed E-state index contributed by atoms with van der Waals surface area (Å²) in [6.07, 6.45) is 1.35. The number of rotatable bonds is 7. The fraction of sp³-hybridized carbons (Fsp3) is 0.389. The molecule has 0 aliphatic rings. The smallest absolute Gasteiger partial charge is 0.0917 e. The lowest BCUT2D eigenvalue weighted by molar-refractivity contribution is 0.101. The van der Waals surface area contributed by atoms with Gasteiger partial charge >= 0.3 is 0 Å². The molecule has 1 N–H and O–H groups in total. The van der Waals surface area contributed by atoms with Crippen LogP contribution in [0.15, 0.2) is 54.7 Å². The van der Waals surface area contributed by atoms with Crippen LogP contribution in [0.5, 0.6) is 0 Å². The Morgan fingerprint density at radius 2 is 1.71 bits per heavy atom. The highest BCUT2D eigenvalue weighted by molar-refractivity contribution is 5.17. The third-order valence-corrected chi connectivity index (χ3v) is 3.35. The summed E-state index contributed by atoms with van der Waals surface area (Å²) >= 11 is 0. The van der Waals surface area contributed by atoms with Gasteiger partial charge in [0.15, 0.2) is 0 Å². The third-order valence-electron chi connectivity index (χ3n) is 3.35. The molecule has 0 fully saturated rings. The van der Waals surface area contributed by atoms with Gasteiger partial charge in [0.05, 0.1) is 11.8 Å². The lowest BCUT2D eigenvalue weighted by Gasteiger charge is -2.26. The molecule has 1 atom stereocenters. The molecule has 2 rings (SSSR count). The molecule has 1 aromatic carbocycles. The van der Waals surface area contributed by atoms with Crippen molar-refractivity contribution < 1.29 is 5.11 Å². The molecule has 1 heterocycles. The summed E-state index contributed by atoms with van der Waals surface area (Å²) in [5.41, 5.74) is 2.01. The lowest BCUT2D eigenvalue weighted by Crippen LogP contribution is -2.32. The van der Waals surface area contributed by atoms with Crippen LogP contribution in [0.4, 0.5) is 0 Å². The van der Waals surface area contributed by atoms with Gasteiger partial charge < -0.3 is 5.11 Å². The fourth-order valence-electron chi connectivity index (χ4n) is 2.47. The predicted octanol–water partition coefficient (Wildman–Crippen LogP) is 3.27. The number of nitrogens with zero attached hydrogens (tertiary/aromatic N) is 2. The Hall–Kier alpha value is -1.71. The van der Waals surface area contributed by atoms with Gasteiger partial charge in [0.25, 0.3) is 0 Å². The van der Waals surface area contributed by atoms with Crippen molar-refractivity contribution in [1.82, 2.24) is 9.88 Å². The summed E-state index contributed by atoms with van der Waals surface area (Å²) in [5, 5.41) is 10.4. The topological polar surface area (TPSA) is 36.4 Å². The number of aromatic nitrogens is 1. The van der Waals surface area contributed by atoms with Crippen LogP contribution < -0.4 is 0 Å². The van der Waals surface area contributed by atoms with Gasteiger partial charge in [0.2, 0.25) is 0 Å². The van der Waals surface area contributed by atoms with E-state index in [0.717, 1.165) is 24.3 Å². The van der Waals surface area contributed by atoms with Crippen LogP contribution in [0.1, 0.15) is 31.2 Å². The number of hydrogen-bond donors (Lipinski definition) is 1. The molecule has 1 aromatic heterocycles. The van der Waals surface area contributed by atoms with E-state index in [-0.39, 0.29) is 0 Å². The van der Waals surface area contributed by atoms with Gasteiger partial charge in [-0.2, -0.15) is 0 Å². The number of hydrogen-bond acceptors (Lipinski definition) is 3. The average molecular weight is 284 g/mol. The minimum Gasteiger partial charge on any atom is -0.387 e. The van der Waals surface area contributed by atoms with E-state index in [4.69, 9.17) is 0 Å². The average Bonchev–Trinajstić information content (AvgIpc) is 2.48. The first kappa shape index (κ1) is 15.7. The SMILES string of the molecule is CC(C)CN(Cc1ccccn1)C[C@@H](O)c1ccccc1. The van der Waals surface area contributed by atoms with Gasteiger partial charge in [0.1, 0.15) is 0 Å². The molecule has 21 heavy (non-hydrogen) atoms. The van der Waals surface area contributed by atoms with Crippen molar-refractivity contribution in [3.8, 4) is 0 Å². The second-order valence-electron chi connectivity index (χ2n) is 5.84. The molecule has 0 radical (unpaired) electrons. The molecule has 0 saturated heterocycles. The first-order chi connectivity index (χ1) is 10.1. The van der Waals surface area contributed by atoms with Crippen LogP contribution in [-0.2, 0) is 6.54 Å². The number of pyridine rings is 1. The molecular weight excluding hydrogens is 260 g/mol. The molecule has 0 unspecified atom stereocenters. The van der Waals surface area contributed by atoms with Crippen molar-refractivity contribution in [2.24, 2.45) is 5.92 Å². The Labute approximate surface area is 127 Å². The van der Waals surface area contributed by atoms with E-state index in [0.29, 0.717) is 12.5 Å². The van der Waals surface area contributed by atoms with Gasteiger partial charge in [-0.1, -0.05) is 50.2 Å². The maximum absolute atomic E-state index is 10.4. The first-order valence-electron chi connectivity index (χ1n) is 7.50. The van der Waals surface area contributed by atoms with Gasteiger partial charge in [-0.3, -0.25) is 9.88 Å². The summed E-state index contributed by atoms with van der Waals surface area (Å²) < 4.78 is 0. The highest BCUT2D eigenvalue weighted by Gasteiger charge is 2.15. The predicted molar refractivity (Wildman–Crippen MR) is 85.8 cm³/mol. The van der Waals surface area contributed by atoms with Gasteiger partial charge in [0, 0.05) is 25.8 Å². The van der Waals surface area contributed by atoms with E-state index in [1.807, 2.05) is 54.7 Å².